The first-order valence-corrected chi connectivity index (χ1v) is 6.43. The van der Waals surface area contributed by atoms with Crippen molar-refractivity contribution in [2.24, 2.45) is 0 Å². The molecule has 2 heteroatoms. The Hall–Kier alpha value is -1.31. The topological polar surface area (TPSA) is 20.3 Å². The van der Waals surface area contributed by atoms with E-state index in [1.165, 1.54) is 0 Å². The van der Waals surface area contributed by atoms with E-state index in [9.17, 15) is 4.79 Å². The van der Waals surface area contributed by atoms with E-state index in [-0.39, 0.29) is 16.9 Å². The fourth-order valence-electron chi connectivity index (χ4n) is 1.81. The van der Waals surface area contributed by atoms with Gasteiger partial charge in [0, 0.05) is 18.2 Å². The van der Waals surface area contributed by atoms with E-state index in [0.717, 1.165) is 11.1 Å². The smallest absolute Gasteiger partial charge is 0.254 e. The molecule has 1 aromatic rings. The van der Waals surface area contributed by atoms with Crippen LogP contribution in [0, 0.1) is 0 Å². The zero-order valence-electron chi connectivity index (χ0n) is 12.7. The molecule has 0 saturated carbocycles. The normalized spacial score (nSPS) is 12.4. The van der Waals surface area contributed by atoms with Crippen molar-refractivity contribution in [2.45, 2.75) is 52.5 Å². The number of hydrogen-bond donors (Lipinski definition) is 0. The third-order valence-electron chi connectivity index (χ3n) is 3.28. The number of carbonyl (C=O) groups excluding carboxylic acids is 1. The maximum Gasteiger partial charge on any atom is 0.254 e. The lowest BCUT2D eigenvalue weighted by molar-refractivity contribution is 0.0653. The predicted molar refractivity (Wildman–Crippen MR) is 77.0 cm³/mol. The van der Waals surface area contributed by atoms with Crippen molar-refractivity contribution in [1.29, 1.82) is 0 Å². The average molecular weight is 247 g/mol. The van der Waals surface area contributed by atoms with Crippen LogP contribution in [0.15, 0.2) is 24.3 Å². The molecule has 0 atom stereocenters. The fraction of sp³-hybridized carbons (Fsp3) is 0.562. The zero-order chi connectivity index (χ0) is 14.1. The van der Waals surface area contributed by atoms with Gasteiger partial charge in [-0.1, -0.05) is 39.0 Å². The third kappa shape index (κ3) is 3.12. The lowest BCUT2D eigenvalue weighted by Crippen LogP contribution is -2.43. The van der Waals surface area contributed by atoms with Crippen LogP contribution in [0.5, 0.6) is 0 Å². The van der Waals surface area contributed by atoms with Crippen LogP contribution in [0.25, 0.3) is 0 Å². The van der Waals surface area contributed by atoms with Gasteiger partial charge in [0.1, 0.15) is 0 Å². The van der Waals surface area contributed by atoms with E-state index in [1.807, 2.05) is 52.1 Å². The summed E-state index contributed by atoms with van der Waals surface area (Å²) < 4.78 is 0. The predicted octanol–water partition coefficient (Wildman–Crippen LogP) is 3.85. The molecule has 1 aromatic carbocycles. The van der Waals surface area contributed by atoms with Crippen molar-refractivity contribution in [2.75, 3.05) is 7.05 Å². The summed E-state index contributed by atoms with van der Waals surface area (Å²) in [6.07, 6.45) is 0. The summed E-state index contributed by atoms with van der Waals surface area (Å²) in [5.41, 5.74) is 1.72. The van der Waals surface area contributed by atoms with Crippen LogP contribution in [0.1, 0.15) is 57.5 Å². The lowest BCUT2D eigenvalue weighted by Gasteiger charge is -2.33. The zero-order valence-corrected chi connectivity index (χ0v) is 12.7. The Balaban J connectivity index is 3.23. The molecule has 0 saturated heterocycles. The summed E-state index contributed by atoms with van der Waals surface area (Å²) in [4.78, 5) is 14.4. The van der Waals surface area contributed by atoms with Crippen molar-refractivity contribution in [3.63, 3.8) is 0 Å². The monoisotopic (exact) mass is 247 g/mol. The van der Waals surface area contributed by atoms with Crippen LogP contribution in [0.3, 0.4) is 0 Å². The van der Waals surface area contributed by atoms with Gasteiger partial charge in [0.15, 0.2) is 0 Å². The van der Waals surface area contributed by atoms with Gasteiger partial charge in [0.05, 0.1) is 0 Å². The second-order valence-corrected chi connectivity index (χ2v) is 6.83. The van der Waals surface area contributed by atoms with Gasteiger partial charge in [0.2, 0.25) is 0 Å². The van der Waals surface area contributed by atoms with E-state index >= 15 is 0 Å². The summed E-state index contributed by atoms with van der Waals surface area (Å²) >= 11 is 0. The highest BCUT2D eigenvalue weighted by molar-refractivity contribution is 5.96. The Morgan fingerprint density at radius 3 is 1.94 bits per heavy atom. The molecule has 0 aromatic heterocycles. The van der Waals surface area contributed by atoms with Gasteiger partial charge in [-0.3, -0.25) is 4.79 Å². The van der Waals surface area contributed by atoms with Crippen molar-refractivity contribution in [3.05, 3.63) is 35.4 Å². The van der Waals surface area contributed by atoms with Crippen LogP contribution in [-0.4, -0.2) is 23.4 Å². The second kappa shape index (κ2) is 4.75. The molecule has 1 rings (SSSR count). The first kappa shape index (κ1) is 14.7. The van der Waals surface area contributed by atoms with Crippen LogP contribution < -0.4 is 0 Å². The van der Waals surface area contributed by atoms with E-state index in [2.05, 4.69) is 20.8 Å². The van der Waals surface area contributed by atoms with Crippen molar-refractivity contribution >= 4 is 5.91 Å². The molecule has 0 unspecified atom stereocenters. The minimum absolute atomic E-state index is 0.0228. The highest BCUT2D eigenvalue weighted by atomic mass is 16.2. The largest absolute Gasteiger partial charge is 0.337 e. The van der Waals surface area contributed by atoms with Gasteiger partial charge in [-0.2, -0.15) is 0 Å². The number of carbonyl (C=O) groups is 1. The SMILES string of the molecule is CN(C(=O)c1ccccc1C(C)(C)C)C(C)(C)C. The van der Waals surface area contributed by atoms with Crippen LogP contribution in [-0.2, 0) is 5.41 Å². The Bertz CT molecular complexity index is 435. The summed E-state index contributed by atoms with van der Waals surface area (Å²) in [5, 5.41) is 0. The van der Waals surface area contributed by atoms with Gasteiger partial charge in [-0.15, -0.1) is 0 Å². The fourth-order valence-corrected chi connectivity index (χ4v) is 1.81. The summed E-state index contributed by atoms with van der Waals surface area (Å²) in [6, 6.07) is 7.89. The van der Waals surface area contributed by atoms with Gasteiger partial charge >= 0.3 is 0 Å². The van der Waals surface area contributed by atoms with Gasteiger partial charge in [-0.25, -0.2) is 0 Å². The molecule has 2 nitrogen and oxygen atoms in total. The molecular formula is C16H25NO. The number of amides is 1. The Kier molecular flexibility index (Phi) is 3.89. The maximum absolute atomic E-state index is 12.6. The highest BCUT2D eigenvalue weighted by Crippen LogP contribution is 2.27. The maximum atomic E-state index is 12.6. The van der Waals surface area contributed by atoms with Crippen molar-refractivity contribution < 1.29 is 4.79 Å². The van der Waals surface area contributed by atoms with E-state index < -0.39 is 0 Å². The van der Waals surface area contributed by atoms with Gasteiger partial charge in [-0.05, 0) is 37.8 Å². The molecule has 100 valence electrons. The minimum Gasteiger partial charge on any atom is -0.337 e. The Morgan fingerprint density at radius 2 is 1.50 bits per heavy atom. The van der Waals surface area contributed by atoms with Crippen LogP contribution in [0.4, 0.5) is 0 Å². The third-order valence-corrected chi connectivity index (χ3v) is 3.28. The van der Waals surface area contributed by atoms with E-state index in [0.29, 0.717) is 0 Å². The van der Waals surface area contributed by atoms with Crippen LogP contribution in [0.2, 0.25) is 0 Å². The molecule has 1 amide bonds. The standard InChI is InChI=1S/C16H25NO/c1-15(2,3)13-11-9-8-10-12(13)14(18)17(7)16(4,5)6/h8-11H,1-7H3. The average Bonchev–Trinajstić information content (AvgIpc) is 2.24. The van der Waals surface area contributed by atoms with E-state index in [1.54, 1.807) is 4.90 Å². The first-order valence-electron chi connectivity index (χ1n) is 6.43. The molecule has 0 N–H and O–H groups in total. The van der Waals surface area contributed by atoms with E-state index in [4.69, 9.17) is 0 Å². The molecule has 0 fully saturated rings. The molecule has 0 bridgehead atoms. The van der Waals surface area contributed by atoms with Crippen LogP contribution >= 0.6 is 0 Å². The molecule has 0 radical (unpaired) electrons. The number of nitrogens with zero attached hydrogens (tertiary/aromatic N) is 1. The molecule has 0 aliphatic heterocycles. The minimum atomic E-state index is -0.165. The molecule has 0 aliphatic carbocycles. The number of hydrogen-bond acceptors (Lipinski definition) is 1. The van der Waals surface area contributed by atoms with Crippen molar-refractivity contribution in [3.8, 4) is 0 Å². The van der Waals surface area contributed by atoms with Crippen molar-refractivity contribution in [1.82, 2.24) is 4.90 Å². The molecule has 18 heavy (non-hydrogen) atoms. The second-order valence-electron chi connectivity index (χ2n) is 6.83. The molecular weight excluding hydrogens is 222 g/mol. The lowest BCUT2D eigenvalue weighted by atomic mass is 9.83. The van der Waals surface area contributed by atoms with Gasteiger partial charge in [0.25, 0.3) is 5.91 Å². The number of benzene rings is 1. The molecule has 0 aliphatic rings. The molecule has 0 heterocycles. The Morgan fingerprint density at radius 1 is 1.00 bits per heavy atom. The summed E-state index contributed by atoms with van der Waals surface area (Å²) in [6.45, 7) is 12.5. The van der Waals surface area contributed by atoms with Gasteiger partial charge < -0.3 is 4.90 Å². The summed E-state index contributed by atoms with van der Waals surface area (Å²) in [7, 11) is 1.86. The number of rotatable bonds is 1. The quantitative estimate of drug-likeness (QED) is 0.738. The first-order chi connectivity index (χ1) is 8.05. The highest BCUT2D eigenvalue weighted by Gasteiger charge is 2.27. The molecule has 0 spiro atoms. The Labute approximate surface area is 111 Å². The summed E-state index contributed by atoms with van der Waals surface area (Å²) in [5.74, 6) is 0.0908.